The average molecular weight is 277 g/mol. The van der Waals surface area contributed by atoms with Gasteiger partial charge in [-0.3, -0.25) is 0 Å². The topological polar surface area (TPSA) is 34.1 Å². The minimum absolute atomic E-state index is 0.0330. The molecule has 5 heteroatoms. The molecule has 1 aromatic carbocycles. The van der Waals surface area contributed by atoms with Crippen LogP contribution in [-0.2, 0) is 15.5 Å². The van der Waals surface area contributed by atoms with E-state index in [4.69, 9.17) is 10.7 Å². The molecule has 0 aromatic heterocycles. The van der Waals surface area contributed by atoms with E-state index in [9.17, 15) is 12.8 Å². The lowest BCUT2D eigenvalue weighted by Gasteiger charge is -2.19. The van der Waals surface area contributed by atoms with Crippen molar-refractivity contribution in [2.24, 2.45) is 0 Å². The summed E-state index contributed by atoms with van der Waals surface area (Å²) in [6.07, 6.45) is 2.88. The lowest BCUT2D eigenvalue weighted by Crippen LogP contribution is -2.22. The number of halogens is 2. The number of alkyl halides is 1. The van der Waals surface area contributed by atoms with Crippen LogP contribution in [0.1, 0.15) is 31.2 Å². The fourth-order valence-corrected chi connectivity index (χ4v) is 3.56. The molecular weight excluding hydrogens is 263 g/mol. The van der Waals surface area contributed by atoms with Gasteiger partial charge in [-0.2, -0.15) is 0 Å². The molecule has 0 bridgehead atoms. The van der Waals surface area contributed by atoms with Gasteiger partial charge in [-0.05, 0) is 24.5 Å². The van der Waals surface area contributed by atoms with Crippen molar-refractivity contribution >= 4 is 19.7 Å². The van der Waals surface area contributed by atoms with E-state index in [1.54, 1.807) is 18.2 Å². The molecule has 1 fully saturated rings. The van der Waals surface area contributed by atoms with Gasteiger partial charge in [-0.15, -0.1) is 0 Å². The summed E-state index contributed by atoms with van der Waals surface area (Å²) in [5.41, 5.74) is -0.788. The van der Waals surface area contributed by atoms with Gasteiger partial charge in [0.1, 0.15) is 5.67 Å². The molecule has 1 aromatic rings. The lowest BCUT2D eigenvalue weighted by atomic mass is 9.95. The Kier molecular flexibility index (Phi) is 3.46. The molecule has 17 heavy (non-hydrogen) atoms. The van der Waals surface area contributed by atoms with E-state index in [1.165, 1.54) is 6.07 Å². The Balaban J connectivity index is 2.33. The van der Waals surface area contributed by atoms with Crippen LogP contribution in [0.3, 0.4) is 0 Å². The first-order valence-electron chi connectivity index (χ1n) is 5.62. The molecule has 0 saturated heterocycles. The zero-order chi connectivity index (χ0) is 12.5. The lowest BCUT2D eigenvalue weighted by molar-refractivity contribution is 0.172. The number of hydrogen-bond donors (Lipinski definition) is 0. The fraction of sp³-hybridized carbons (Fsp3) is 0.500. The van der Waals surface area contributed by atoms with Gasteiger partial charge >= 0.3 is 0 Å². The molecule has 0 unspecified atom stereocenters. The smallest absolute Gasteiger partial charge is 0.244 e. The van der Waals surface area contributed by atoms with Gasteiger partial charge < -0.3 is 0 Å². The van der Waals surface area contributed by atoms with E-state index in [0.717, 1.165) is 12.8 Å². The van der Waals surface area contributed by atoms with E-state index >= 15 is 0 Å². The molecular formula is C12H14ClFO2S. The van der Waals surface area contributed by atoms with Gasteiger partial charge in [0.2, 0.25) is 0 Å². The molecule has 0 amide bonds. The van der Waals surface area contributed by atoms with Crippen LogP contribution in [0.2, 0.25) is 0 Å². The molecule has 2 rings (SSSR count). The van der Waals surface area contributed by atoms with Crippen molar-refractivity contribution in [3.8, 4) is 0 Å². The van der Waals surface area contributed by atoms with Crippen LogP contribution in [0.25, 0.3) is 0 Å². The second-order valence-corrected chi connectivity index (χ2v) is 7.11. The van der Waals surface area contributed by atoms with Crippen molar-refractivity contribution in [3.05, 3.63) is 29.8 Å². The predicted molar refractivity (Wildman–Crippen MR) is 65.5 cm³/mol. The van der Waals surface area contributed by atoms with Gasteiger partial charge in [-0.25, -0.2) is 12.8 Å². The number of benzene rings is 1. The van der Waals surface area contributed by atoms with Gasteiger partial charge in [0.15, 0.2) is 0 Å². The highest BCUT2D eigenvalue weighted by Gasteiger charge is 2.35. The third-order valence-corrected chi connectivity index (χ3v) is 4.66. The van der Waals surface area contributed by atoms with Gasteiger partial charge in [0.05, 0.1) is 4.90 Å². The van der Waals surface area contributed by atoms with Crippen LogP contribution < -0.4 is 0 Å². The minimum Gasteiger partial charge on any atom is -0.244 e. The molecule has 0 atom stereocenters. The quantitative estimate of drug-likeness (QED) is 0.793. The SMILES string of the molecule is O=S(=O)(Cl)c1ccccc1CC1(F)CCCC1. The fourth-order valence-electron chi connectivity index (χ4n) is 2.41. The molecule has 0 radical (unpaired) electrons. The number of rotatable bonds is 3. The number of hydrogen-bond acceptors (Lipinski definition) is 2. The molecule has 1 saturated carbocycles. The zero-order valence-electron chi connectivity index (χ0n) is 9.33. The summed E-state index contributed by atoms with van der Waals surface area (Å²) in [4.78, 5) is 0.0330. The highest BCUT2D eigenvalue weighted by atomic mass is 35.7. The molecule has 1 aliphatic carbocycles. The summed E-state index contributed by atoms with van der Waals surface area (Å²) >= 11 is 0. The maximum Gasteiger partial charge on any atom is 0.261 e. The second kappa shape index (κ2) is 4.58. The largest absolute Gasteiger partial charge is 0.261 e. The average Bonchev–Trinajstić information content (AvgIpc) is 2.64. The molecule has 2 nitrogen and oxygen atoms in total. The van der Waals surface area contributed by atoms with Crippen LogP contribution in [0.15, 0.2) is 29.2 Å². The van der Waals surface area contributed by atoms with Crippen molar-refractivity contribution in [2.75, 3.05) is 0 Å². The van der Waals surface area contributed by atoms with Gasteiger partial charge in [0.25, 0.3) is 9.05 Å². The Labute approximate surface area is 105 Å². The standard InChI is InChI=1S/C12H14ClFO2S/c13-17(15,16)11-6-2-1-5-10(11)9-12(14)7-3-4-8-12/h1-2,5-6H,3-4,7-9H2. The predicted octanol–water partition coefficient (Wildman–Crippen LogP) is 3.44. The normalized spacial score (nSPS) is 19.4. The molecule has 0 N–H and O–H groups in total. The van der Waals surface area contributed by atoms with Crippen LogP contribution in [0, 0.1) is 0 Å². The third kappa shape index (κ3) is 2.99. The monoisotopic (exact) mass is 276 g/mol. The highest BCUT2D eigenvalue weighted by molar-refractivity contribution is 8.13. The first kappa shape index (κ1) is 12.8. The first-order valence-corrected chi connectivity index (χ1v) is 7.93. The van der Waals surface area contributed by atoms with Crippen molar-refractivity contribution in [1.29, 1.82) is 0 Å². The Morgan fingerprint density at radius 2 is 1.82 bits per heavy atom. The van der Waals surface area contributed by atoms with E-state index in [0.29, 0.717) is 18.4 Å². The summed E-state index contributed by atoms with van der Waals surface area (Å²) < 4.78 is 37.1. The summed E-state index contributed by atoms with van der Waals surface area (Å²) in [5, 5.41) is 0. The van der Waals surface area contributed by atoms with E-state index < -0.39 is 14.7 Å². The Hall–Kier alpha value is -0.610. The van der Waals surface area contributed by atoms with Crippen molar-refractivity contribution in [3.63, 3.8) is 0 Å². The Morgan fingerprint density at radius 1 is 1.24 bits per heavy atom. The Bertz CT molecular complexity index is 507. The second-order valence-electron chi connectivity index (χ2n) is 4.58. The molecule has 0 heterocycles. The minimum atomic E-state index is -3.80. The Morgan fingerprint density at radius 3 is 2.41 bits per heavy atom. The van der Waals surface area contributed by atoms with Crippen LogP contribution in [0.5, 0.6) is 0 Å². The maximum absolute atomic E-state index is 14.3. The maximum atomic E-state index is 14.3. The van der Waals surface area contributed by atoms with E-state index in [2.05, 4.69) is 0 Å². The van der Waals surface area contributed by atoms with Crippen molar-refractivity contribution < 1.29 is 12.8 Å². The van der Waals surface area contributed by atoms with E-state index in [-0.39, 0.29) is 11.3 Å². The molecule has 0 spiro atoms. The summed E-state index contributed by atoms with van der Waals surface area (Å²) in [6.45, 7) is 0. The third-order valence-electron chi connectivity index (χ3n) is 3.24. The molecule has 94 valence electrons. The van der Waals surface area contributed by atoms with Crippen LogP contribution in [-0.4, -0.2) is 14.1 Å². The van der Waals surface area contributed by atoms with Gasteiger partial charge in [-0.1, -0.05) is 31.0 Å². The van der Waals surface area contributed by atoms with Gasteiger partial charge in [0, 0.05) is 17.1 Å². The van der Waals surface area contributed by atoms with E-state index in [1.807, 2.05) is 0 Å². The summed E-state index contributed by atoms with van der Waals surface area (Å²) in [7, 11) is 1.55. The van der Waals surface area contributed by atoms with Crippen molar-refractivity contribution in [1.82, 2.24) is 0 Å². The zero-order valence-corrected chi connectivity index (χ0v) is 10.9. The molecule has 0 aliphatic heterocycles. The van der Waals surface area contributed by atoms with Crippen LogP contribution in [0.4, 0.5) is 4.39 Å². The summed E-state index contributed by atoms with van der Waals surface area (Å²) in [6, 6.07) is 6.36. The highest BCUT2D eigenvalue weighted by Crippen LogP contribution is 2.37. The first-order chi connectivity index (χ1) is 7.91. The molecule has 1 aliphatic rings. The summed E-state index contributed by atoms with van der Waals surface area (Å²) in [5.74, 6) is 0. The van der Waals surface area contributed by atoms with Crippen LogP contribution >= 0.6 is 10.7 Å². The van der Waals surface area contributed by atoms with Crippen molar-refractivity contribution in [2.45, 2.75) is 42.7 Å².